The van der Waals surface area contributed by atoms with Gasteiger partial charge in [0.2, 0.25) is 5.91 Å². The normalized spacial score (nSPS) is 10.7. The molecule has 3 aromatic rings. The third kappa shape index (κ3) is 4.54. The van der Waals surface area contributed by atoms with Crippen molar-refractivity contribution < 1.29 is 4.79 Å². The van der Waals surface area contributed by atoms with Crippen LogP contribution in [0.5, 0.6) is 0 Å². The maximum absolute atomic E-state index is 12.1. The van der Waals surface area contributed by atoms with Gasteiger partial charge in [-0.3, -0.25) is 4.79 Å². The highest BCUT2D eigenvalue weighted by atomic mass is 35.5. The average molecular weight is 393 g/mol. The van der Waals surface area contributed by atoms with Gasteiger partial charge in [0.15, 0.2) is 11.0 Å². The molecule has 0 aliphatic rings. The molecule has 0 saturated heterocycles. The quantitative estimate of drug-likeness (QED) is 0.648. The van der Waals surface area contributed by atoms with E-state index in [-0.39, 0.29) is 11.7 Å². The molecule has 0 atom stereocenters. The van der Waals surface area contributed by atoms with Crippen molar-refractivity contribution in [3.8, 4) is 11.4 Å². The summed E-state index contributed by atoms with van der Waals surface area (Å²) in [5, 5.41) is 13.0. The Hall–Kier alpha value is -2.02. The molecule has 3 rings (SSSR count). The second-order valence-electron chi connectivity index (χ2n) is 5.22. The Morgan fingerprint density at radius 3 is 2.56 bits per heavy atom. The van der Waals surface area contributed by atoms with Crippen LogP contribution in [0, 0.1) is 0 Å². The van der Waals surface area contributed by atoms with E-state index in [9.17, 15) is 4.79 Å². The summed E-state index contributed by atoms with van der Waals surface area (Å²) in [6.07, 6.45) is 0. The average Bonchev–Trinajstić information content (AvgIpc) is 2.94. The molecule has 8 heteroatoms. The van der Waals surface area contributed by atoms with Crippen LogP contribution in [0.1, 0.15) is 0 Å². The fraction of sp³-hybridized carbons (Fsp3) is 0.118. The lowest BCUT2D eigenvalue weighted by Gasteiger charge is -2.06. The van der Waals surface area contributed by atoms with Crippen molar-refractivity contribution in [3.63, 3.8) is 0 Å². The topological polar surface area (TPSA) is 59.8 Å². The highest BCUT2D eigenvalue weighted by Crippen LogP contribution is 2.25. The number of hydrogen-bond donors (Lipinski definition) is 1. The van der Waals surface area contributed by atoms with Crippen LogP contribution in [0.3, 0.4) is 0 Å². The Kier molecular flexibility index (Phi) is 5.63. The zero-order chi connectivity index (χ0) is 17.8. The first-order chi connectivity index (χ1) is 12.0. The minimum atomic E-state index is -0.139. The summed E-state index contributed by atoms with van der Waals surface area (Å²) >= 11 is 13.2. The predicted octanol–water partition coefficient (Wildman–Crippen LogP) is 4.52. The summed E-state index contributed by atoms with van der Waals surface area (Å²) in [6, 6.07) is 14.4. The number of hydrogen-bond acceptors (Lipinski definition) is 4. The van der Waals surface area contributed by atoms with Gasteiger partial charge in [0, 0.05) is 28.3 Å². The van der Waals surface area contributed by atoms with Crippen LogP contribution in [-0.2, 0) is 11.8 Å². The predicted molar refractivity (Wildman–Crippen MR) is 102 cm³/mol. The van der Waals surface area contributed by atoms with E-state index in [0.29, 0.717) is 26.7 Å². The number of nitrogens with one attached hydrogen (secondary N) is 1. The van der Waals surface area contributed by atoms with Crippen LogP contribution < -0.4 is 5.32 Å². The maximum Gasteiger partial charge on any atom is 0.234 e. The molecule has 0 aliphatic heterocycles. The highest BCUT2D eigenvalue weighted by molar-refractivity contribution is 7.99. The molecule has 0 aliphatic carbocycles. The van der Waals surface area contributed by atoms with E-state index in [0.717, 1.165) is 5.56 Å². The minimum absolute atomic E-state index is 0.139. The van der Waals surface area contributed by atoms with E-state index in [4.69, 9.17) is 23.2 Å². The molecule has 1 amide bonds. The molecule has 1 N–H and O–H groups in total. The Morgan fingerprint density at radius 2 is 1.84 bits per heavy atom. The number of carbonyl (C=O) groups is 1. The monoisotopic (exact) mass is 392 g/mol. The van der Waals surface area contributed by atoms with Crippen LogP contribution in [-0.4, -0.2) is 26.4 Å². The Labute approximate surface area is 159 Å². The third-order valence-electron chi connectivity index (χ3n) is 3.36. The van der Waals surface area contributed by atoms with Gasteiger partial charge >= 0.3 is 0 Å². The van der Waals surface area contributed by atoms with Crippen molar-refractivity contribution in [1.29, 1.82) is 0 Å². The Balaban J connectivity index is 1.65. The van der Waals surface area contributed by atoms with Crippen molar-refractivity contribution in [2.45, 2.75) is 5.16 Å². The molecule has 25 heavy (non-hydrogen) atoms. The molecule has 128 valence electrons. The van der Waals surface area contributed by atoms with E-state index in [1.165, 1.54) is 11.8 Å². The van der Waals surface area contributed by atoms with Crippen molar-refractivity contribution in [2.75, 3.05) is 11.1 Å². The molecule has 0 fully saturated rings. The summed E-state index contributed by atoms with van der Waals surface area (Å²) in [5.41, 5.74) is 1.54. The van der Waals surface area contributed by atoms with Crippen LogP contribution in [0.15, 0.2) is 53.7 Å². The summed E-state index contributed by atoms with van der Waals surface area (Å²) in [5.74, 6) is 0.772. The number of thioether (sulfide) groups is 1. The number of anilines is 1. The number of rotatable bonds is 5. The molecule has 0 spiro atoms. The van der Waals surface area contributed by atoms with Gasteiger partial charge in [-0.15, -0.1) is 10.2 Å². The van der Waals surface area contributed by atoms with Gasteiger partial charge in [-0.1, -0.05) is 53.2 Å². The molecule has 2 aromatic carbocycles. The molecule has 0 radical (unpaired) electrons. The standard InChI is InChI=1S/C17H14Cl2N4OS/c1-23-16(11-4-2-5-12(18)8-11)21-22-17(23)25-10-15(24)20-14-7-3-6-13(19)9-14/h2-9H,10H2,1H3,(H,20,24). The van der Waals surface area contributed by atoms with Crippen LogP contribution in [0.4, 0.5) is 5.69 Å². The molecule has 0 unspecified atom stereocenters. The summed E-state index contributed by atoms with van der Waals surface area (Å²) in [4.78, 5) is 12.1. The molecule has 1 heterocycles. The first-order valence-corrected chi connectivity index (χ1v) is 9.10. The zero-order valence-electron chi connectivity index (χ0n) is 13.2. The smallest absolute Gasteiger partial charge is 0.234 e. The summed E-state index contributed by atoms with van der Waals surface area (Å²) < 4.78 is 1.84. The van der Waals surface area contributed by atoms with Gasteiger partial charge < -0.3 is 9.88 Å². The van der Waals surface area contributed by atoms with E-state index < -0.39 is 0 Å². The first-order valence-electron chi connectivity index (χ1n) is 7.36. The number of benzene rings is 2. The molecule has 5 nitrogen and oxygen atoms in total. The van der Waals surface area contributed by atoms with Crippen LogP contribution in [0.25, 0.3) is 11.4 Å². The second-order valence-corrected chi connectivity index (χ2v) is 7.04. The minimum Gasteiger partial charge on any atom is -0.325 e. The zero-order valence-corrected chi connectivity index (χ0v) is 15.6. The lowest BCUT2D eigenvalue weighted by Crippen LogP contribution is -2.14. The fourth-order valence-electron chi connectivity index (χ4n) is 2.21. The summed E-state index contributed by atoms with van der Waals surface area (Å²) in [6.45, 7) is 0. The maximum atomic E-state index is 12.1. The van der Waals surface area contributed by atoms with Crippen LogP contribution in [0.2, 0.25) is 10.0 Å². The van der Waals surface area contributed by atoms with E-state index in [1.807, 2.05) is 29.8 Å². The fourth-order valence-corrected chi connectivity index (χ4v) is 3.30. The second kappa shape index (κ2) is 7.91. The number of halogens is 2. The van der Waals surface area contributed by atoms with Crippen molar-refractivity contribution in [1.82, 2.24) is 14.8 Å². The SMILES string of the molecule is Cn1c(SCC(=O)Nc2cccc(Cl)c2)nnc1-c1cccc(Cl)c1. The van der Waals surface area contributed by atoms with Gasteiger partial charge in [-0.2, -0.15) is 0 Å². The van der Waals surface area contributed by atoms with Crippen LogP contribution >= 0.6 is 35.0 Å². The molecular weight excluding hydrogens is 379 g/mol. The van der Waals surface area contributed by atoms with E-state index >= 15 is 0 Å². The Morgan fingerprint density at radius 1 is 1.12 bits per heavy atom. The van der Waals surface area contributed by atoms with Crippen molar-refractivity contribution in [3.05, 3.63) is 58.6 Å². The molecule has 1 aromatic heterocycles. The van der Waals surface area contributed by atoms with Crippen molar-refractivity contribution in [2.24, 2.45) is 7.05 Å². The lowest BCUT2D eigenvalue weighted by molar-refractivity contribution is -0.113. The lowest BCUT2D eigenvalue weighted by atomic mass is 10.2. The number of aromatic nitrogens is 3. The largest absolute Gasteiger partial charge is 0.325 e. The van der Waals surface area contributed by atoms with Gasteiger partial charge in [0.25, 0.3) is 0 Å². The molecule has 0 bridgehead atoms. The molecular formula is C17H14Cl2N4OS. The highest BCUT2D eigenvalue weighted by Gasteiger charge is 2.13. The van der Waals surface area contributed by atoms with E-state index in [2.05, 4.69) is 15.5 Å². The van der Waals surface area contributed by atoms with E-state index in [1.54, 1.807) is 30.3 Å². The molecule has 0 saturated carbocycles. The summed E-state index contributed by atoms with van der Waals surface area (Å²) in [7, 11) is 1.85. The Bertz CT molecular complexity index is 913. The van der Waals surface area contributed by atoms with Gasteiger partial charge in [0.1, 0.15) is 0 Å². The number of amides is 1. The first kappa shape index (κ1) is 17.8. The van der Waals surface area contributed by atoms with Gasteiger partial charge in [-0.05, 0) is 30.3 Å². The third-order valence-corrected chi connectivity index (χ3v) is 4.85. The van der Waals surface area contributed by atoms with Gasteiger partial charge in [-0.25, -0.2) is 0 Å². The van der Waals surface area contributed by atoms with Crippen molar-refractivity contribution >= 4 is 46.6 Å². The van der Waals surface area contributed by atoms with Gasteiger partial charge in [0.05, 0.1) is 5.75 Å². The number of nitrogens with zero attached hydrogens (tertiary/aromatic N) is 3. The number of carbonyl (C=O) groups excluding carboxylic acids is 1.